The number of aliphatic carboxylic acids is 1. The second kappa shape index (κ2) is 5.68. The molecule has 1 N–H and O–H groups in total. The number of carbonyl (C=O) groups is 1. The van der Waals surface area contributed by atoms with E-state index in [1.807, 2.05) is 0 Å². The number of hydrogen-bond acceptors (Lipinski definition) is 7. The molecule has 1 aromatic rings. The topological polar surface area (TPSA) is 94.7 Å². The smallest absolute Gasteiger partial charge is 0.314 e. The molecule has 0 amide bonds. The highest BCUT2D eigenvalue weighted by molar-refractivity contribution is 7.99. The fourth-order valence-corrected chi connectivity index (χ4v) is 2.28. The summed E-state index contributed by atoms with van der Waals surface area (Å²) in [4.78, 5) is 14.6. The number of ether oxygens (including phenoxy) is 2. The fourth-order valence-electron chi connectivity index (χ4n) is 1.80. The van der Waals surface area contributed by atoms with Crippen molar-refractivity contribution in [2.45, 2.75) is 23.7 Å². The van der Waals surface area contributed by atoms with Gasteiger partial charge in [0.2, 0.25) is 5.82 Å². The largest absolute Gasteiger partial charge is 0.481 e. The van der Waals surface area contributed by atoms with E-state index in [0.717, 1.165) is 11.8 Å². The van der Waals surface area contributed by atoms with Gasteiger partial charge in [-0.1, -0.05) is 16.9 Å². The Bertz CT molecular complexity index is 416. The van der Waals surface area contributed by atoms with Crippen LogP contribution in [0.15, 0.2) is 9.75 Å². The monoisotopic (exact) mass is 274 g/mol. The van der Waals surface area contributed by atoms with Crippen molar-refractivity contribution < 1.29 is 23.9 Å². The van der Waals surface area contributed by atoms with Gasteiger partial charge in [0.15, 0.2) is 0 Å². The number of methoxy groups -OCH3 is 1. The molecular weight excluding hydrogens is 260 g/mol. The molecule has 1 aliphatic heterocycles. The molecule has 0 aromatic carbocycles. The first-order valence-electron chi connectivity index (χ1n) is 5.48. The first kappa shape index (κ1) is 13.3. The molecule has 0 radical (unpaired) electrons. The quantitative estimate of drug-likeness (QED) is 0.791. The van der Waals surface area contributed by atoms with Crippen LogP contribution < -0.4 is 0 Å². The molecule has 0 saturated carbocycles. The van der Waals surface area contributed by atoms with Crippen molar-refractivity contribution >= 4 is 17.7 Å². The molecule has 0 spiro atoms. The highest BCUT2D eigenvalue weighted by atomic mass is 32.2. The van der Waals surface area contributed by atoms with Crippen LogP contribution in [-0.4, -0.2) is 47.3 Å². The Kier molecular flexibility index (Phi) is 4.20. The molecular formula is C10H14N2O5S. The zero-order valence-electron chi connectivity index (χ0n) is 9.92. The SMILES string of the molecule is COC1(c2noc(SCC(=O)O)n2)CCOCC1. The first-order chi connectivity index (χ1) is 8.66. The van der Waals surface area contributed by atoms with Crippen molar-refractivity contribution in [1.82, 2.24) is 10.1 Å². The van der Waals surface area contributed by atoms with Crippen molar-refractivity contribution in [2.24, 2.45) is 0 Å². The van der Waals surface area contributed by atoms with Crippen molar-refractivity contribution in [3.8, 4) is 0 Å². The number of hydrogen-bond donors (Lipinski definition) is 1. The van der Waals surface area contributed by atoms with Gasteiger partial charge >= 0.3 is 5.97 Å². The van der Waals surface area contributed by atoms with Gasteiger partial charge in [-0.2, -0.15) is 4.98 Å². The predicted octanol–water partition coefficient (Wildman–Crippen LogP) is 0.898. The third-order valence-corrected chi connectivity index (χ3v) is 3.63. The highest BCUT2D eigenvalue weighted by Gasteiger charge is 2.39. The Morgan fingerprint density at radius 2 is 2.28 bits per heavy atom. The van der Waals surface area contributed by atoms with Crippen molar-refractivity contribution in [1.29, 1.82) is 0 Å². The van der Waals surface area contributed by atoms with Crippen LogP contribution in [0, 0.1) is 0 Å². The summed E-state index contributed by atoms with van der Waals surface area (Å²) in [5.41, 5.74) is -0.580. The molecule has 2 heterocycles. The lowest BCUT2D eigenvalue weighted by Gasteiger charge is -2.32. The van der Waals surface area contributed by atoms with Crippen LogP contribution in [0.5, 0.6) is 0 Å². The lowest BCUT2D eigenvalue weighted by atomic mass is 9.93. The summed E-state index contributed by atoms with van der Waals surface area (Å²) in [5.74, 6) is -0.571. The average Bonchev–Trinajstić information content (AvgIpc) is 2.86. The van der Waals surface area contributed by atoms with Crippen LogP contribution in [0.4, 0.5) is 0 Å². The van der Waals surface area contributed by atoms with Crippen molar-refractivity contribution in [3.05, 3.63) is 5.82 Å². The Morgan fingerprint density at radius 3 is 2.89 bits per heavy atom. The molecule has 0 unspecified atom stereocenters. The van der Waals surface area contributed by atoms with Gasteiger partial charge < -0.3 is 19.1 Å². The number of carboxylic acids is 1. The third-order valence-electron chi connectivity index (χ3n) is 2.83. The van der Waals surface area contributed by atoms with E-state index in [-0.39, 0.29) is 11.0 Å². The zero-order chi connectivity index (χ0) is 13.0. The maximum atomic E-state index is 10.4. The number of carboxylic acid groups (broad SMARTS) is 1. The summed E-state index contributed by atoms with van der Waals surface area (Å²) in [5, 5.41) is 12.7. The molecule has 0 atom stereocenters. The Morgan fingerprint density at radius 1 is 1.56 bits per heavy atom. The van der Waals surface area contributed by atoms with Crippen LogP contribution in [0.1, 0.15) is 18.7 Å². The second-order valence-corrected chi connectivity index (χ2v) is 4.80. The maximum absolute atomic E-state index is 10.4. The van der Waals surface area contributed by atoms with Gasteiger partial charge in [0.05, 0.1) is 0 Å². The molecule has 100 valence electrons. The van der Waals surface area contributed by atoms with Crippen LogP contribution in [0.3, 0.4) is 0 Å². The van der Waals surface area contributed by atoms with Crippen molar-refractivity contribution in [3.63, 3.8) is 0 Å². The number of aromatic nitrogens is 2. The van der Waals surface area contributed by atoms with E-state index in [9.17, 15) is 4.79 Å². The summed E-state index contributed by atoms with van der Waals surface area (Å²) < 4.78 is 15.8. The standard InChI is InChI=1S/C10H14N2O5S/c1-15-10(2-4-16-5-3-10)8-11-9(17-12-8)18-6-7(13)14/h2-6H2,1H3,(H,13,14). The van der Waals surface area contributed by atoms with Gasteiger partial charge in [-0.15, -0.1) is 0 Å². The lowest BCUT2D eigenvalue weighted by molar-refractivity contribution is -0.133. The Labute approximate surface area is 108 Å². The van der Waals surface area contributed by atoms with Crippen LogP contribution in [0.2, 0.25) is 0 Å². The van der Waals surface area contributed by atoms with E-state index in [2.05, 4.69) is 10.1 Å². The van der Waals surface area contributed by atoms with Crippen LogP contribution in [-0.2, 0) is 19.9 Å². The van der Waals surface area contributed by atoms with E-state index < -0.39 is 11.6 Å². The minimum Gasteiger partial charge on any atom is -0.481 e. The lowest BCUT2D eigenvalue weighted by Crippen LogP contribution is -2.36. The predicted molar refractivity (Wildman–Crippen MR) is 61.4 cm³/mol. The number of thioether (sulfide) groups is 1. The van der Waals surface area contributed by atoms with Gasteiger partial charge in [0.25, 0.3) is 5.22 Å². The molecule has 18 heavy (non-hydrogen) atoms. The normalized spacial score (nSPS) is 18.7. The van der Waals surface area contributed by atoms with E-state index >= 15 is 0 Å². The molecule has 7 nitrogen and oxygen atoms in total. The molecule has 1 fully saturated rings. The molecule has 1 aromatic heterocycles. The molecule has 0 aliphatic carbocycles. The second-order valence-electron chi connectivity index (χ2n) is 3.88. The van der Waals surface area contributed by atoms with Crippen LogP contribution >= 0.6 is 11.8 Å². The number of rotatable bonds is 5. The minimum absolute atomic E-state index is 0.106. The minimum atomic E-state index is -0.924. The van der Waals surface area contributed by atoms with Gasteiger partial charge in [0.1, 0.15) is 11.4 Å². The van der Waals surface area contributed by atoms with Gasteiger partial charge in [-0.3, -0.25) is 4.79 Å². The molecule has 0 bridgehead atoms. The van der Waals surface area contributed by atoms with E-state index in [1.54, 1.807) is 7.11 Å². The van der Waals surface area contributed by atoms with Crippen molar-refractivity contribution in [2.75, 3.05) is 26.1 Å². The van der Waals surface area contributed by atoms with E-state index in [1.165, 1.54) is 0 Å². The molecule has 8 heteroatoms. The van der Waals surface area contributed by atoms with E-state index in [4.69, 9.17) is 19.1 Å². The van der Waals surface area contributed by atoms with Crippen LogP contribution in [0.25, 0.3) is 0 Å². The van der Waals surface area contributed by atoms with Gasteiger partial charge in [-0.05, 0) is 0 Å². The third kappa shape index (κ3) is 2.82. The summed E-state index contributed by atoms with van der Waals surface area (Å²) in [6.07, 6.45) is 1.32. The molecule has 1 aliphatic rings. The Balaban J connectivity index is 2.09. The highest BCUT2D eigenvalue weighted by Crippen LogP contribution is 2.34. The molecule has 1 saturated heterocycles. The first-order valence-corrected chi connectivity index (χ1v) is 6.46. The average molecular weight is 274 g/mol. The Hall–Kier alpha value is -1.12. The summed E-state index contributed by atoms with van der Waals surface area (Å²) >= 11 is 0.996. The number of nitrogens with zero attached hydrogens (tertiary/aromatic N) is 2. The summed E-state index contributed by atoms with van der Waals surface area (Å²) in [6, 6.07) is 0. The van der Waals surface area contributed by atoms with E-state index in [0.29, 0.717) is 31.9 Å². The maximum Gasteiger partial charge on any atom is 0.314 e. The molecule has 2 rings (SSSR count). The van der Waals surface area contributed by atoms with Gasteiger partial charge in [0, 0.05) is 33.2 Å². The zero-order valence-corrected chi connectivity index (χ0v) is 10.7. The fraction of sp³-hybridized carbons (Fsp3) is 0.700. The summed E-state index contributed by atoms with van der Waals surface area (Å²) in [6.45, 7) is 1.17. The summed E-state index contributed by atoms with van der Waals surface area (Å²) in [7, 11) is 1.60. The van der Waals surface area contributed by atoms with Gasteiger partial charge in [-0.25, -0.2) is 0 Å².